The maximum atomic E-state index is 6.49. The number of rotatable bonds is 5. The lowest BCUT2D eigenvalue weighted by Crippen LogP contribution is -2.00. The van der Waals surface area contributed by atoms with Crippen LogP contribution in [0.25, 0.3) is 98.8 Å². The van der Waals surface area contributed by atoms with E-state index in [9.17, 15) is 0 Å². The van der Waals surface area contributed by atoms with Crippen molar-refractivity contribution in [2.24, 2.45) is 0 Å². The molecule has 0 aliphatic heterocycles. The Labute approximate surface area is 291 Å². The van der Waals surface area contributed by atoms with Crippen LogP contribution in [0, 0.1) is 0 Å². The van der Waals surface area contributed by atoms with E-state index >= 15 is 0 Å². The molecular weight excluding hydrogens is 633 g/mol. The highest BCUT2D eigenvalue weighted by Crippen LogP contribution is 2.43. The Kier molecular flexibility index (Phi) is 6.60. The Morgan fingerprint density at radius 1 is 0.400 bits per heavy atom. The van der Waals surface area contributed by atoms with Gasteiger partial charge in [-0.2, -0.15) is 0 Å². The summed E-state index contributed by atoms with van der Waals surface area (Å²) in [5.41, 5.74) is 8.81. The summed E-state index contributed by atoms with van der Waals surface area (Å²) in [4.78, 5) is 20.0. The Morgan fingerprint density at radius 2 is 0.960 bits per heavy atom. The Morgan fingerprint density at radius 3 is 1.64 bits per heavy atom. The zero-order valence-electron chi connectivity index (χ0n) is 26.6. The van der Waals surface area contributed by atoms with Gasteiger partial charge in [-0.15, -0.1) is 11.3 Å². The molecule has 0 amide bonds. The number of benzene rings is 7. The van der Waals surface area contributed by atoms with Gasteiger partial charge in [-0.3, -0.25) is 0 Å². The summed E-state index contributed by atoms with van der Waals surface area (Å²) >= 11 is 1.71. The number of aromatic nitrogens is 4. The van der Waals surface area contributed by atoms with E-state index < -0.39 is 0 Å². The average molecular weight is 659 g/mol. The van der Waals surface area contributed by atoms with Gasteiger partial charge in [0.15, 0.2) is 17.5 Å². The number of nitrogens with zero attached hydrogens (tertiary/aromatic N) is 4. The van der Waals surface area contributed by atoms with Crippen molar-refractivity contribution >= 4 is 54.3 Å². The minimum atomic E-state index is 0.634. The van der Waals surface area contributed by atoms with Gasteiger partial charge in [-0.05, 0) is 34.0 Å². The highest BCUT2D eigenvalue weighted by atomic mass is 32.1. The van der Waals surface area contributed by atoms with Gasteiger partial charge in [0.25, 0.3) is 0 Å². The third-order valence-corrected chi connectivity index (χ3v) is 10.2. The molecule has 50 heavy (non-hydrogen) atoms. The molecule has 0 saturated heterocycles. The molecule has 0 fully saturated rings. The first-order valence-corrected chi connectivity index (χ1v) is 17.3. The molecule has 0 saturated carbocycles. The molecule has 0 unspecified atom stereocenters. The van der Waals surface area contributed by atoms with Crippen molar-refractivity contribution in [2.75, 3.05) is 0 Å². The maximum Gasteiger partial charge on any atom is 0.164 e. The predicted molar refractivity (Wildman–Crippen MR) is 205 cm³/mol. The van der Waals surface area contributed by atoms with Gasteiger partial charge in [0.05, 0.1) is 10.2 Å². The summed E-state index contributed by atoms with van der Waals surface area (Å²) in [6, 6.07) is 54.0. The van der Waals surface area contributed by atoms with Crippen molar-refractivity contribution in [3.63, 3.8) is 0 Å². The van der Waals surface area contributed by atoms with Gasteiger partial charge in [0, 0.05) is 39.1 Å². The molecule has 0 atom stereocenters. The molecule has 6 heteroatoms. The van der Waals surface area contributed by atoms with Crippen LogP contribution >= 0.6 is 11.3 Å². The first-order chi connectivity index (χ1) is 24.8. The summed E-state index contributed by atoms with van der Waals surface area (Å²) in [5, 5.41) is 5.35. The van der Waals surface area contributed by atoms with Gasteiger partial charge in [-0.1, -0.05) is 140 Å². The van der Waals surface area contributed by atoms with Crippen LogP contribution in [0.1, 0.15) is 0 Å². The highest BCUT2D eigenvalue weighted by Gasteiger charge is 2.19. The van der Waals surface area contributed by atoms with E-state index in [1.54, 1.807) is 11.3 Å². The zero-order valence-corrected chi connectivity index (χ0v) is 27.4. The van der Waals surface area contributed by atoms with Crippen LogP contribution in [0.2, 0.25) is 0 Å². The summed E-state index contributed by atoms with van der Waals surface area (Å²) in [6.45, 7) is 0. The van der Waals surface area contributed by atoms with Crippen molar-refractivity contribution in [3.05, 3.63) is 158 Å². The molecule has 0 N–H and O–H groups in total. The second kappa shape index (κ2) is 11.6. The van der Waals surface area contributed by atoms with Crippen LogP contribution in [0.3, 0.4) is 0 Å². The van der Waals surface area contributed by atoms with Crippen molar-refractivity contribution in [1.29, 1.82) is 0 Å². The Hall–Kier alpha value is -6.50. The number of hydrogen-bond donors (Lipinski definition) is 0. The fourth-order valence-corrected chi connectivity index (χ4v) is 7.84. The quantitative estimate of drug-likeness (QED) is 0.184. The van der Waals surface area contributed by atoms with E-state index in [1.807, 2.05) is 84.9 Å². The summed E-state index contributed by atoms with van der Waals surface area (Å²) in [6.07, 6.45) is 0. The van der Waals surface area contributed by atoms with Gasteiger partial charge in [0.2, 0.25) is 0 Å². The van der Waals surface area contributed by atoms with Crippen LogP contribution in [0.5, 0.6) is 0 Å². The smallest absolute Gasteiger partial charge is 0.164 e. The fraction of sp³-hybridized carbons (Fsp3) is 0. The molecule has 3 aromatic heterocycles. The van der Waals surface area contributed by atoms with E-state index in [1.165, 1.54) is 0 Å². The average Bonchev–Trinajstić information content (AvgIpc) is 3.78. The molecule has 0 aliphatic rings. The first-order valence-electron chi connectivity index (χ1n) is 16.5. The highest BCUT2D eigenvalue weighted by molar-refractivity contribution is 7.21. The molecule has 5 nitrogen and oxygen atoms in total. The van der Waals surface area contributed by atoms with Crippen molar-refractivity contribution in [3.8, 4) is 55.9 Å². The third-order valence-electron chi connectivity index (χ3n) is 9.18. The predicted octanol–water partition coefficient (Wildman–Crippen LogP) is 11.9. The minimum Gasteiger partial charge on any atom is -0.456 e. The Bertz CT molecular complexity index is 2810. The molecule has 0 radical (unpaired) electrons. The van der Waals surface area contributed by atoms with E-state index in [0.717, 1.165) is 81.3 Å². The van der Waals surface area contributed by atoms with Crippen molar-refractivity contribution in [2.45, 2.75) is 0 Å². The lowest BCUT2D eigenvalue weighted by atomic mass is 9.93. The summed E-state index contributed by atoms with van der Waals surface area (Å²) < 4.78 is 7.62. The fourth-order valence-electron chi connectivity index (χ4n) is 6.84. The third kappa shape index (κ3) is 4.77. The number of fused-ring (bicyclic) bond motifs is 5. The van der Waals surface area contributed by atoms with Gasteiger partial charge >= 0.3 is 0 Å². The maximum absolute atomic E-state index is 6.49. The van der Waals surface area contributed by atoms with Crippen LogP contribution in [-0.4, -0.2) is 19.9 Å². The lowest BCUT2D eigenvalue weighted by Gasteiger charge is -2.13. The second-order valence-corrected chi connectivity index (χ2v) is 13.3. The molecule has 234 valence electrons. The Balaban J connectivity index is 1.16. The number of furan rings is 1. The van der Waals surface area contributed by atoms with Crippen molar-refractivity contribution in [1.82, 2.24) is 19.9 Å². The van der Waals surface area contributed by atoms with E-state index in [4.69, 9.17) is 24.4 Å². The van der Waals surface area contributed by atoms with Crippen LogP contribution in [0.15, 0.2) is 162 Å². The zero-order chi connectivity index (χ0) is 33.0. The standard InChI is InChI=1S/C44H26N4OS/c1-4-13-27(14-5-1)41-46-42(28-15-6-2-7-16-28)48-43(47-41)34-23-11-19-30-31(20-10-21-32(30)34)33-22-12-24-37-40(33)35-25-39-36(26-38(35)49-37)45-44(50-39)29-17-8-3-9-18-29/h1-26H. The van der Waals surface area contributed by atoms with E-state index in [0.29, 0.717) is 17.5 Å². The molecule has 0 bridgehead atoms. The SMILES string of the molecule is c1ccc(-c2nc(-c3ccccc3)nc(-c3cccc4c(-c5cccc6oc7cc8nc(-c9ccccc9)sc8cc7c56)cccc34)n2)cc1. The minimum absolute atomic E-state index is 0.634. The molecule has 10 rings (SSSR count). The second-order valence-electron chi connectivity index (χ2n) is 12.2. The normalized spacial score (nSPS) is 11.6. The van der Waals surface area contributed by atoms with E-state index in [2.05, 4.69) is 72.8 Å². The van der Waals surface area contributed by atoms with Crippen molar-refractivity contribution < 1.29 is 4.42 Å². The van der Waals surface area contributed by atoms with Crippen LogP contribution in [-0.2, 0) is 0 Å². The van der Waals surface area contributed by atoms with Crippen LogP contribution < -0.4 is 0 Å². The first kappa shape index (κ1) is 28.5. The van der Waals surface area contributed by atoms with E-state index in [-0.39, 0.29) is 0 Å². The van der Waals surface area contributed by atoms with Gasteiger partial charge in [-0.25, -0.2) is 19.9 Å². The summed E-state index contributed by atoms with van der Waals surface area (Å²) in [7, 11) is 0. The van der Waals surface area contributed by atoms with Gasteiger partial charge < -0.3 is 4.42 Å². The molecule has 7 aromatic carbocycles. The van der Waals surface area contributed by atoms with Gasteiger partial charge in [0.1, 0.15) is 16.2 Å². The number of hydrogen-bond acceptors (Lipinski definition) is 6. The molecular formula is C44H26N4OS. The number of thiazole rings is 1. The molecule has 0 aliphatic carbocycles. The van der Waals surface area contributed by atoms with Crippen LogP contribution in [0.4, 0.5) is 0 Å². The topological polar surface area (TPSA) is 64.7 Å². The summed E-state index contributed by atoms with van der Waals surface area (Å²) in [5.74, 6) is 1.92. The molecule has 10 aromatic rings. The largest absolute Gasteiger partial charge is 0.456 e. The lowest BCUT2D eigenvalue weighted by molar-refractivity contribution is 0.669. The molecule has 3 heterocycles. The molecule has 0 spiro atoms. The monoisotopic (exact) mass is 658 g/mol.